The summed E-state index contributed by atoms with van der Waals surface area (Å²) >= 11 is 0. The summed E-state index contributed by atoms with van der Waals surface area (Å²) in [6.45, 7) is 6.22. The molecule has 94 valence electrons. The summed E-state index contributed by atoms with van der Waals surface area (Å²) in [4.78, 5) is 0. The molecule has 1 aliphatic rings. The average molecular weight is 244 g/mol. The van der Waals surface area contributed by atoms with Gasteiger partial charge in [-0.15, -0.1) is 0 Å². The minimum Gasteiger partial charge on any atom is -0.498 e. The zero-order valence-corrected chi connectivity index (χ0v) is 11.5. The minimum absolute atomic E-state index is 0.255. The van der Waals surface area contributed by atoms with Crippen LogP contribution in [0.4, 0.5) is 0 Å². The molecule has 3 unspecified atom stereocenters. The highest BCUT2D eigenvalue weighted by atomic mass is 32.2. The Bertz CT molecular complexity index is 257. The molecule has 3 heteroatoms. The van der Waals surface area contributed by atoms with Crippen molar-refractivity contribution in [3.8, 4) is 0 Å². The second-order valence-electron chi connectivity index (χ2n) is 4.93. The Morgan fingerprint density at radius 1 is 1.31 bits per heavy atom. The Balaban J connectivity index is 2.43. The molecule has 1 heterocycles. The Morgan fingerprint density at radius 2 is 2.06 bits per heavy atom. The molecule has 1 aliphatic heterocycles. The van der Waals surface area contributed by atoms with Gasteiger partial charge in [-0.05, 0) is 51.5 Å². The summed E-state index contributed by atoms with van der Waals surface area (Å²) in [6.07, 6.45) is 6.67. The highest BCUT2D eigenvalue weighted by Gasteiger charge is 2.20. The van der Waals surface area contributed by atoms with Crippen LogP contribution in [0, 0.1) is 5.92 Å². The van der Waals surface area contributed by atoms with Crippen LogP contribution in [0.3, 0.4) is 0 Å². The van der Waals surface area contributed by atoms with Crippen LogP contribution < -0.4 is 0 Å². The summed E-state index contributed by atoms with van der Waals surface area (Å²) in [5.74, 6) is 2.32. The van der Waals surface area contributed by atoms with Crippen LogP contribution in [0.2, 0.25) is 0 Å². The van der Waals surface area contributed by atoms with Gasteiger partial charge >= 0.3 is 0 Å². The molecule has 0 aromatic heterocycles. The van der Waals surface area contributed by atoms with Crippen molar-refractivity contribution >= 4 is 10.8 Å². The van der Waals surface area contributed by atoms with Crippen LogP contribution in [0.25, 0.3) is 0 Å². The van der Waals surface area contributed by atoms with Crippen molar-refractivity contribution in [3.05, 3.63) is 11.8 Å². The zero-order chi connectivity index (χ0) is 12.0. The third kappa shape index (κ3) is 5.15. The minimum atomic E-state index is -0.590. The number of hydrogen-bond donors (Lipinski definition) is 0. The molecule has 1 rings (SSSR count). The van der Waals surface area contributed by atoms with Crippen LogP contribution in [0.1, 0.15) is 46.5 Å². The lowest BCUT2D eigenvalue weighted by atomic mass is 9.94. The van der Waals surface area contributed by atoms with E-state index in [1.807, 2.05) is 20.1 Å². The van der Waals surface area contributed by atoms with E-state index in [-0.39, 0.29) is 6.10 Å². The van der Waals surface area contributed by atoms with Gasteiger partial charge in [0.15, 0.2) is 0 Å². The van der Waals surface area contributed by atoms with Gasteiger partial charge < -0.3 is 4.74 Å². The van der Waals surface area contributed by atoms with Gasteiger partial charge in [-0.25, -0.2) is 0 Å². The van der Waals surface area contributed by atoms with E-state index < -0.39 is 10.8 Å². The van der Waals surface area contributed by atoms with Crippen molar-refractivity contribution in [3.63, 3.8) is 0 Å². The molecule has 0 aromatic rings. The van der Waals surface area contributed by atoms with Crippen molar-refractivity contribution < 1.29 is 8.95 Å². The van der Waals surface area contributed by atoms with E-state index in [0.29, 0.717) is 5.92 Å². The Hall–Kier alpha value is -0.310. The first-order chi connectivity index (χ1) is 7.59. The molecule has 0 N–H and O–H groups in total. The van der Waals surface area contributed by atoms with Crippen molar-refractivity contribution in [2.75, 3.05) is 11.5 Å². The molecule has 0 radical (unpaired) electrons. The summed E-state index contributed by atoms with van der Waals surface area (Å²) < 4.78 is 17.2. The highest BCUT2D eigenvalue weighted by molar-refractivity contribution is 7.84. The number of allylic oxidation sites excluding steroid dienone is 1. The maximum absolute atomic E-state index is 11.5. The van der Waals surface area contributed by atoms with Crippen molar-refractivity contribution in [1.82, 2.24) is 0 Å². The third-order valence-electron chi connectivity index (χ3n) is 3.10. The standard InChI is InChI=1S/C13H24O2S/c1-11(2)10-15-12(3)13-6-4-5-8-16(14)9-7-13/h10,12-13H,4-9H2,1-3H3. The second-order valence-corrected chi connectivity index (χ2v) is 6.63. The molecule has 1 fully saturated rings. The van der Waals surface area contributed by atoms with E-state index >= 15 is 0 Å². The Labute approximate surface area is 102 Å². The molecular formula is C13H24O2S. The predicted molar refractivity (Wildman–Crippen MR) is 69.8 cm³/mol. The van der Waals surface area contributed by atoms with Gasteiger partial charge in [0, 0.05) is 22.3 Å². The topological polar surface area (TPSA) is 26.3 Å². The lowest BCUT2D eigenvalue weighted by molar-refractivity contribution is 0.0924. The fourth-order valence-electron chi connectivity index (χ4n) is 2.02. The SMILES string of the molecule is CC(C)=COC(C)C1CCCCS(=O)CC1. The molecule has 2 nitrogen and oxygen atoms in total. The molecule has 0 spiro atoms. The van der Waals surface area contributed by atoms with Gasteiger partial charge in [-0.3, -0.25) is 4.21 Å². The highest BCUT2D eigenvalue weighted by Crippen LogP contribution is 2.23. The number of rotatable bonds is 3. The predicted octanol–water partition coefficient (Wildman–Crippen LogP) is 3.25. The van der Waals surface area contributed by atoms with Crippen LogP contribution in [0.5, 0.6) is 0 Å². The fourth-order valence-corrected chi connectivity index (χ4v) is 3.32. The molecule has 0 aliphatic carbocycles. The van der Waals surface area contributed by atoms with E-state index in [4.69, 9.17) is 4.74 Å². The molecule has 0 saturated carbocycles. The Morgan fingerprint density at radius 3 is 2.75 bits per heavy atom. The second kappa shape index (κ2) is 7.10. The van der Waals surface area contributed by atoms with E-state index in [1.54, 1.807) is 0 Å². The number of ether oxygens (including phenoxy) is 1. The summed E-state index contributed by atoms with van der Waals surface area (Å²) in [7, 11) is -0.590. The normalized spacial score (nSPS) is 28.7. The molecule has 1 saturated heterocycles. The van der Waals surface area contributed by atoms with E-state index in [9.17, 15) is 4.21 Å². The van der Waals surface area contributed by atoms with Crippen molar-refractivity contribution in [1.29, 1.82) is 0 Å². The van der Waals surface area contributed by atoms with Crippen LogP contribution in [-0.4, -0.2) is 21.8 Å². The molecule has 0 aromatic carbocycles. The first kappa shape index (κ1) is 13.8. The maximum atomic E-state index is 11.5. The lowest BCUT2D eigenvalue weighted by Crippen LogP contribution is -2.23. The lowest BCUT2D eigenvalue weighted by Gasteiger charge is -2.25. The van der Waals surface area contributed by atoms with E-state index in [0.717, 1.165) is 24.3 Å². The average Bonchev–Trinajstić information content (AvgIpc) is 2.21. The van der Waals surface area contributed by atoms with Crippen LogP contribution >= 0.6 is 0 Å². The van der Waals surface area contributed by atoms with Gasteiger partial charge in [-0.1, -0.05) is 6.42 Å². The smallest absolute Gasteiger partial charge is 0.0978 e. The molecule has 0 amide bonds. The maximum Gasteiger partial charge on any atom is 0.0978 e. The summed E-state index contributed by atoms with van der Waals surface area (Å²) in [5.41, 5.74) is 1.20. The van der Waals surface area contributed by atoms with Gasteiger partial charge in [0.05, 0.1) is 12.4 Å². The molecular weight excluding hydrogens is 220 g/mol. The van der Waals surface area contributed by atoms with Crippen LogP contribution in [-0.2, 0) is 15.5 Å². The molecule has 3 atom stereocenters. The zero-order valence-electron chi connectivity index (χ0n) is 10.7. The number of hydrogen-bond acceptors (Lipinski definition) is 2. The Kier molecular flexibility index (Phi) is 6.10. The molecule has 0 bridgehead atoms. The van der Waals surface area contributed by atoms with Gasteiger partial charge in [0.1, 0.15) is 0 Å². The first-order valence-electron chi connectivity index (χ1n) is 6.23. The van der Waals surface area contributed by atoms with Crippen molar-refractivity contribution in [2.24, 2.45) is 5.92 Å². The monoisotopic (exact) mass is 244 g/mol. The molecule has 16 heavy (non-hydrogen) atoms. The van der Waals surface area contributed by atoms with Gasteiger partial charge in [0.2, 0.25) is 0 Å². The first-order valence-corrected chi connectivity index (χ1v) is 7.72. The van der Waals surface area contributed by atoms with E-state index in [2.05, 4.69) is 6.92 Å². The summed E-state index contributed by atoms with van der Waals surface area (Å²) in [6, 6.07) is 0. The quantitative estimate of drug-likeness (QED) is 0.712. The fraction of sp³-hybridized carbons (Fsp3) is 0.846. The van der Waals surface area contributed by atoms with E-state index in [1.165, 1.54) is 18.4 Å². The largest absolute Gasteiger partial charge is 0.498 e. The summed E-state index contributed by atoms with van der Waals surface area (Å²) in [5, 5.41) is 0. The van der Waals surface area contributed by atoms with Gasteiger partial charge in [0.25, 0.3) is 0 Å². The van der Waals surface area contributed by atoms with Crippen LogP contribution in [0.15, 0.2) is 11.8 Å². The van der Waals surface area contributed by atoms with Crippen molar-refractivity contribution in [2.45, 2.75) is 52.6 Å². The third-order valence-corrected chi connectivity index (χ3v) is 4.53. The van der Waals surface area contributed by atoms with Gasteiger partial charge in [-0.2, -0.15) is 0 Å².